The normalized spacial score (nSPS) is 13.2. The maximum Gasteiger partial charge on any atom is 0.387 e. The molecule has 0 saturated heterocycles. The highest BCUT2D eigenvalue weighted by molar-refractivity contribution is 7.85. The SMILES string of the molecule is CC(C)(C)[S@@](=O)N=Cc1cccc(OC(F)F)c1.CC(C)(C)[S@](N)=O.O=Cc1cccc(OC(F)F)c1. The smallest absolute Gasteiger partial charge is 0.387 e. The lowest BCUT2D eigenvalue weighted by Crippen LogP contribution is -2.27. The van der Waals surface area contributed by atoms with Crippen LogP contribution >= 0.6 is 0 Å². The summed E-state index contributed by atoms with van der Waals surface area (Å²) in [7, 11) is -2.56. The van der Waals surface area contributed by atoms with Crippen molar-refractivity contribution >= 4 is 34.5 Å². The minimum absolute atomic E-state index is 0.00500. The van der Waals surface area contributed by atoms with E-state index in [4.69, 9.17) is 5.14 Å². The summed E-state index contributed by atoms with van der Waals surface area (Å²) < 4.78 is 80.9. The number of ether oxygens (including phenoxy) is 2. The van der Waals surface area contributed by atoms with Crippen LogP contribution in [0.1, 0.15) is 57.5 Å². The van der Waals surface area contributed by atoms with Crippen molar-refractivity contribution in [2.24, 2.45) is 9.54 Å². The van der Waals surface area contributed by atoms with Crippen molar-refractivity contribution in [1.82, 2.24) is 0 Å². The largest absolute Gasteiger partial charge is 0.435 e. The molecule has 37 heavy (non-hydrogen) atoms. The molecule has 0 heterocycles. The van der Waals surface area contributed by atoms with Crippen molar-refractivity contribution in [3.63, 3.8) is 0 Å². The number of rotatable bonds is 7. The fourth-order valence-electron chi connectivity index (χ4n) is 1.80. The molecule has 0 fully saturated rings. The second kappa shape index (κ2) is 16.3. The van der Waals surface area contributed by atoms with Gasteiger partial charge in [-0.3, -0.25) is 9.93 Å². The number of halogens is 4. The highest BCUT2D eigenvalue weighted by Crippen LogP contribution is 2.17. The summed E-state index contributed by atoms with van der Waals surface area (Å²) in [4.78, 5) is 10.2. The average molecular weight is 569 g/mol. The lowest BCUT2D eigenvalue weighted by Gasteiger charge is -2.12. The Balaban J connectivity index is 0.000000586. The molecule has 0 spiro atoms. The summed E-state index contributed by atoms with van der Waals surface area (Å²) in [5.74, 6) is 0.0464. The standard InChI is InChI=1S/C12H15F2NO2S.C8H6F2O2.C4H11NOS/c1-12(2,3)18(16)15-8-9-5-4-6-10(7-9)17-11(13)14;9-8(10)12-7-3-1-2-6(4-7)5-11;1-4(2,3)7(5)6/h4-8,11H,1-3H3;1-5,8H;5H2,1-3H3/t18-;;7-/m1.1/s1. The maximum absolute atomic E-state index is 12.0. The van der Waals surface area contributed by atoms with Gasteiger partial charge in [0.25, 0.3) is 0 Å². The number of hydrogen-bond acceptors (Lipinski definition) is 5. The minimum atomic E-state index is -2.86. The average Bonchev–Trinajstić information content (AvgIpc) is 2.76. The van der Waals surface area contributed by atoms with Crippen LogP contribution in [0.25, 0.3) is 0 Å². The highest BCUT2D eigenvalue weighted by Gasteiger charge is 2.18. The molecule has 0 aliphatic carbocycles. The second-order valence-electron chi connectivity index (χ2n) is 9.03. The zero-order chi connectivity index (χ0) is 28.8. The molecule has 0 amide bonds. The molecule has 208 valence electrons. The van der Waals surface area contributed by atoms with E-state index in [9.17, 15) is 30.8 Å². The van der Waals surface area contributed by atoms with E-state index >= 15 is 0 Å². The third kappa shape index (κ3) is 16.7. The van der Waals surface area contributed by atoms with Crippen molar-refractivity contribution in [3.05, 3.63) is 59.7 Å². The third-order valence-corrected chi connectivity index (χ3v) is 6.28. The van der Waals surface area contributed by atoms with Crippen LogP contribution in [-0.4, -0.2) is 43.6 Å². The van der Waals surface area contributed by atoms with E-state index in [1.165, 1.54) is 42.6 Å². The summed E-state index contributed by atoms with van der Waals surface area (Å²) >= 11 is 0. The quantitative estimate of drug-likeness (QED) is 0.263. The predicted molar refractivity (Wildman–Crippen MR) is 139 cm³/mol. The molecule has 0 aliphatic heterocycles. The highest BCUT2D eigenvalue weighted by atomic mass is 32.2. The van der Waals surface area contributed by atoms with E-state index in [1.54, 1.807) is 32.9 Å². The molecule has 7 nitrogen and oxygen atoms in total. The van der Waals surface area contributed by atoms with Crippen LogP contribution in [0.2, 0.25) is 0 Å². The second-order valence-corrected chi connectivity index (χ2v) is 12.8. The summed E-state index contributed by atoms with van der Waals surface area (Å²) in [5, 5.41) is 5.04. The fourth-order valence-corrected chi connectivity index (χ4v) is 2.34. The summed E-state index contributed by atoms with van der Waals surface area (Å²) in [6, 6.07) is 11.7. The van der Waals surface area contributed by atoms with E-state index in [-0.39, 0.29) is 16.2 Å². The molecule has 0 saturated carbocycles. The Kier molecular flexibility index (Phi) is 15.1. The molecule has 2 N–H and O–H groups in total. The van der Waals surface area contributed by atoms with Gasteiger partial charge >= 0.3 is 13.2 Å². The number of nitrogens with two attached hydrogens (primary N) is 1. The molecule has 13 heteroatoms. The van der Waals surface area contributed by atoms with Crippen LogP contribution < -0.4 is 14.6 Å². The van der Waals surface area contributed by atoms with Gasteiger partial charge < -0.3 is 9.47 Å². The summed E-state index contributed by atoms with van der Waals surface area (Å²) in [5.41, 5.74) is 0.874. The lowest BCUT2D eigenvalue weighted by atomic mass is 10.2. The zero-order valence-corrected chi connectivity index (χ0v) is 23.0. The predicted octanol–water partition coefficient (Wildman–Crippen LogP) is 5.68. The van der Waals surface area contributed by atoms with Gasteiger partial charge in [-0.2, -0.15) is 22.0 Å². The lowest BCUT2D eigenvalue weighted by molar-refractivity contribution is -0.0505. The molecular formula is C24H32F4N2O5S2. The van der Waals surface area contributed by atoms with Crippen LogP contribution in [0.15, 0.2) is 52.9 Å². The molecule has 0 radical (unpaired) electrons. The topological polar surface area (TPSA) is 108 Å². The Labute approximate surface area is 219 Å². The zero-order valence-electron chi connectivity index (χ0n) is 21.3. The molecular weight excluding hydrogens is 536 g/mol. The van der Waals surface area contributed by atoms with Gasteiger partial charge in [-0.1, -0.05) is 24.3 Å². The first-order chi connectivity index (χ1) is 16.9. The fraction of sp³-hybridized carbons (Fsp3) is 0.417. The van der Waals surface area contributed by atoms with E-state index < -0.39 is 39.9 Å². The number of hydrogen-bond donors (Lipinski definition) is 1. The number of alkyl halides is 4. The van der Waals surface area contributed by atoms with Gasteiger partial charge in [0.15, 0.2) is 0 Å². The number of carbonyl (C=O) groups is 1. The molecule has 2 rings (SSSR count). The number of carbonyl (C=O) groups excluding carboxylic acids is 1. The van der Waals surface area contributed by atoms with Crippen LogP contribution in [0.3, 0.4) is 0 Å². The first-order valence-corrected chi connectivity index (χ1v) is 12.9. The van der Waals surface area contributed by atoms with Gasteiger partial charge in [-0.25, -0.2) is 8.42 Å². The molecule has 0 unspecified atom stereocenters. The van der Waals surface area contributed by atoms with Crippen LogP contribution in [-0.2, 0) is 22.0 Å². The molecule has 2 aromatic carbocycles. The van der Waals surface area contributed by atoms with Crippen molar-refractivity contribution in [2.45, 2.75) is 64.3 Å². The molecule has 0 aliphatic rings. The molecule has 0 bridgehead atoms. The third-order valence-electron chi connectivity index (χ3n) is 3.73. The van der Waals surface area contributed by atoms with E-state index in [0.29, 0.717) is 17.4 Å². The van der Waals surface area contributed by atoms with Gasteiger partial charge in [0, 0.05) is 11.8 Å². The van der Waals surface area contributed by atoms with Gasteiger partial charge in [-0.15, -0.1) is 0 Å². The first-order valence-electron chi connectivity index (χ1n) is 10.6. The maximum atomic E-state index is 12.0. The van der Waals surface area contributed by atoms with Crippen LogP contribution in [0, 0.1) is 0 Å². The Morgan fingerprint density at radius 3 is 1.57 bits per heavy atom. The van der Waals surface area contributed by atoms with Gasteiger partial charge in [-0.05, 0) is 71.4 Å². The summed E-state index contributed by atoms with van der Waals surface area (Å²) in [6.45, 7) is 5.20. The van der Waals surface area contributed by atoms with Gasteiger partial charge in [0.05, 0.1) is 20.5 Å². The monoisotopic (exact) mass is 568 g/mol. The van der Waals surface area contributed by atoms with Crippen molar-refractivity contribution in [1.29, 1.82) is 0 Å². The number of nitrogens with zero attached hydrogens (tertiary/aromatic N) is 1. The van der Waals surface area contributed by atoms with Gasteiger partial charge in [0.1, 0.15) is 28.8 Å². The van der Waals surface area contributed by atoms with Crippen molar-refractivity contribution in [3.8, 4) is 11.5 Å². The van der Waals surface area contributed by atoms with E-state index in [2.05, 4.69) is 13.9 Å². The van der Waals surface area contributed by atoms with Crippen LogP contribution in [0.4, 0.5) is 17.6 Å². The Hall–Kier alpha value is -2.64. The Morgan fingerprint density at radius 1 is 0.811 bits per heavy atom. The van der Waals surface area contributed by atoms with E-state index in [0.717, 1.165) is 0 Å². The Bertz CT molecular complexity index is 1060. The first kappa shape index (κ1) is 34.4. The molecule has 2 atom stereocenters. The Morgan fingerprint density at radius 2 is 1.22 bits per heavy atom. The van der Waals surface area contributed by atoms with Crippen molar-refractivity contribution < 1.29 is 40.2 Å². The minimum Gasteiger partial charge on any atom is -0.435 e. The van der Waals surface area contributed by atoms with Gasteiger partial charge in [0.2, 0.25) is 0 Å². The molecule has 0 aromatic heterocycles. The summed E-state index contributed by atoms with van der Waals surface area (Å²) in [6.07, 6.45) is 1.96. The number of aldehydes is 1. The number of benzene rings is 2. The van der Waals surface area contributed by atoms with E-state index in [1.807, 2.05) is 20.8 Å². The molecule has 2 aromatic rings. The van der Waals surface area contributed by atoms with Crippen LogP contribution in [0.5, 0.6) is 11.5 Å². The van der Waals surface area contributed by atoms with Crippen molar-refractivity contribution in [2.75, 3.05) is 0 Å².